The highest BCUT2D eigenvalue weighted by atomic mass is 32.1. The number of pyridine rings is 1. The van der Waals surface area contributed by atoms with E-state index < -0.39 is 0 Å². The van der Waals surface area contributed by atoms with Crippen molar-refractivity contribution in [1.82, 2.24) is 19.8 Å². The van der Waals surface area contributed by atoms with E-state index in [0.717, 1.165) is 39.6 Å². The van der Waals surface area contributed by atoms with E-state index in [1.165, 1.54) is 7.11 Å². The lowest BCUT2D eigenvalue weighted by molar-refractivity contribution is -0.116. The molecule has 1 fully saturated rings. The zero-order valence-electron chi connectivity index (χ0n) is 23.5. The number of aromatic nitrogens is 2. The van der Waals surface area contributed by atoms with E-state index >= 15 is 0 Å². The first-order valence-electron chi connectivity index (χ1n) is 13.5. The number of rotatable bonds is 8. The third-order valence-electron chi connectivity index (χ3n) is 7.45. The van der Waals surface area contributed by atoms with Crippen molar-refractivity contribution in [3.8, 4) is 5.69 Å². The average molecular weight is 568 g/mol. The first kappa shape index (κ1) is 28.0. The van der Waals surface area contributed by atoms with E-state index in [9.17, 15) is 9.59 Å². The standard InChI is InChI=1S/C32H33N5O3S/c1-20-8-12-24(13-9-20)34-28(38)16-18-36-30(29(35-32(36)41)27-7-5-6-17-33-27)26-19-21(2)37(22(26)3)25-14-10-23(11-15-25)31(39)40-4/h5-15,17,19,29-30H,16,18H2,1-4H3,(H,34,38)(H,35,41)/t29-,30-/m1/s1. The van der Waals surface area contributed by atoms with Crippen LogP contribution in [0.4, 0.5) is 5.69 Å². The van der Waals surface area contributed by atoms with Gasteiger partial charge < -0.3 is 24.8 Å². The van der Waals surface area contributed by atoms with Crippen molar-refractivity contribution in [2.45, 2.75) is 39.3 Å². The predicted octanol–water partition coefficient (Wildman–Crippen LogP) is 5.59. The summed E-state index contributed by atoms with van der Waals surface area (Å²) in [7, 11) is 1.37. The molecule has 4 aromatic rings. The molecule has 1 amide bonds. The molecule has 210 valence electrons. The Morgan fingerprint density at radius 3 is 2.41 bits per heavy atom. The molecule has 9 heteroatoms. The van der Waals surface area contributed by atoms with E-state index in [2.05, 4.69) is 45.0 Å². The Balaban J connectivity index is 1.45. The van der Waals surface area contributed by atoms with Crippen molar-refractivity contribution in [3.05, 3.63) is 113 Å². The van der Waals surface area contributed by atoms with Gasteiger partial charge in [0, 0.05) is 41.9 Å². The molecule has 0 spiro atoms. The topological polar surface area (TPSA) is 88.5 Å². The van der Waals surface area contributed by atoms with Crippen LogP contribution < -0.4 is 10.6 Å². The number of ether oxygens (including phenoxy) is 1. The fraction of sp³-hybridized carbons (Fsp3) is 0.250. The number of methoxy groups -OCH3 is 1. The number of hydrogen-bond donors (Lipinski definition) is 2. The number of amides is 1. The van der Waals surface area contributed by atoms with Crippen molar-refractivity contribution in [2.24, 2.45) is 0 Å². The maximum Gasteiger partial charge on any atom is 0.337 e. The van der Waals surface area contributed by atoms with Crippen LogP contribution in [0.5, 0.6) is 0 Å². The Bertz CT molecular complexity index is 1570. The van der Waals surface area contributed by atoms with Gasteiger partial charge in [0.15, 0.2) is 5.11 Å². The molecule has 41 heavy (non-hydrogen) atoms. The van der Waals surface area contributed by atoms with E-state index in [1.807, 2.05) is 61.5 Å². The van der Waals surface area contributed by atoms with Gasteiger partial charge in [0.05, 0.1) is 30.5 Å². The zero-order chi connectivity index (χ0) is 29.1. The summed E-state index contributed by atoms with van der Waals surface area (Å²) >= 11 is 5.82. The second-order valence-electron chi connectivity index (χ2n) is 10.2. The molecule has 1 aliphatic heterocycles. The lowest BCUT2D eigenvalue weighted by Crippen LogP contribution is -2.32. The van der Waals surface area contributed by atoms with Crippen molar-refractivity contribution in [1.29, 1.82) is 0 Å². The van der Waals surface area contributed by atoms with Crippen molar-refractivity contribution in [3.63, 3.8) is 0 Å². The number of carbonyl (C=O) groups excluding carboxylic acids is 2. The van der Waals surface area contributed by atoms with Crippen LogP contribution in [0.3, 0.4) is 0 Å². The van der Waals surface area contributed by atoms with Gasteiger partial charge in [-0.25, -0.2) is 4.79 Å². The molecule has 2 N–H and O–H groups in total. The smallest absolute Gasteiger partial charge is 0.337 e. The minimum atomic E-state index is -0.371. The highest BCUT2D eigenvalue weighted by molar-refractivity contribution is 7.80. The summed E-state index contributed by atoms with van der Waals surface area (Å²) in [5.41, 5.74) is 7.38. The molecule has 2 atom stereocenters. The van der Waals surface area contributed by atoms with Gasteiger partial charge in [-0.15, -0.1) is 0 Å². The van der Waals surface area contributed by atoms with Crippen LogP contribution in [0, 0.1) is 20.8 Å². The zero-order valence-corrected chi connectivity index (χ0v) is 24.4. The Labute approximate surface area is 245 Å². The molecule has 2 aromatic carbocycles. The van der Waals surface area contributed by atoms with Crippen molar-refractivity contribution in [2.75, 3.05) is 19.0 Å². The number of aryl methyl sites for hydroxylation is 2. The summed E-state index contributed by atoms with van der Waals surface area (Å²) in [6.07, 6.45) is 2.05. The molecule has 3 heterocycles. The van der Waals surface area contributed by atoms with Crippen molar-refractivity contribution < 1.29 is 14.3 Å². The summed E-state index contributed by atoms with van der Waals surface area (Å²) in [4.78, 5) is 31.6. The molecular weight excluding hydrogens is 534 g/mol. The molecule has 0 saturated carbocycles. The van der Waals surface area contributed by atoms with E-state index in [1.54, 1.807) is 18.3 Å². The minimum absolute atomic E-state index is 0.0761. The summed E-state index contributed by atoms with van der Waals surface area (Å²) in [6, 6.07) is 22.8. The molecule has 8 nitrogen and oxygen atoms in total. The average Bonchev–Trinajstić information content (AvgIpc) is 3.47. The van der Waals surface area contributed by atoms with Crippen LogP contribution in [0.1, 0.15) is 57.1 Å². The molecule has 0 radical (unpaired) electrons. The highest BCUT2D eigenvalue weighted by Gasteiger charge is 2.41. The number of nitrogens with zero attached hydrogens (tertiary/aromatic N) is 3. The molecule has 2 aromatic heterocycles. The molecule has 1 saturated heterocycles. The number of hydrogen-bond acceptors (Lipinski definition) is 5. The number of thiocarbonyl (C=S) groups is 1. The van der Waals surface area contributed by atoms with Gasteiger partial charge in [-0.3, -0.25) is 9.78 Å². The molecule has 0 aliphatic carbocycles. The van der Waals surface area contributed by atoms with Gasteiger partial charge in [0.25, 0.3) is 0 Å². The first-order chi connectivity index (χ1) is 19.8. The summed E-state index contributed by atoms with van der Waals surface area (Å²) < 4.78 is 7.01. The van der Waals surface area contributed by atoms with Crippen LogP contribution in [-0.4, -0.2) is 45.1 Å². The van der Waals surface area contributed by atoms with Crippen molar-refractivity contribution >= 4 is 34.9 Å². The minimum Gasteiger partial charge on any atom is -0.465 e. The lowest BCUT2D eigenvalue weighted by Gasteiger charge is -2.28. The maximum atomic E-state index is 12.9. The second-order valence-corrected chi connectivity index (χ2v) is 10.6. The summed E-state index contributed by atoms with van der Waals surface area (Å²) in [6.45, 7) is 6.59. The number of benzene rings is 2. The van der Waals surface area contributed by atoms with Gasteiger partial charge in [-0.1, -0.05) is 23.8 Å². The lowest BCUT2D eigenvalue weighted by atomic mass is 9.96. The Morgan fingerprint density at radius 2 is 1.76 bits per heavy atom. The Kier molecular flexibility index (Phi) is 8.16. The number of esters is 1. The Morgan fingerprint density at radius 1 is 1.02 bits per heavy atom. The molecule has 5 rings (SSSR count). The molecule has 0 bridgehead atoms. The van der Waals surface area contributed by atoms with Crippen LogP contribution >= 0.6 is 12.2 Å². The highest BCUT2D eigenvalue weighted by Crippen LogP contribution is 2.41. The summed E-state index contributed by atoms with van der Waals surface area (Å²) in [5, 5.41) is 7.05. The van der Waals surface area contributed by atoms with Gasteiger partial charge in [0.1, 0.15) is 0 Å². The molecule has 1 aliphatic rings. The Hall–Kier alpha value is -4.50. The van der Waals surface area contributed by atoms with Crippen LogP contribution in [0.15, 0.2) is 79.0 Å². The predicted molar refractivity (Wildman–Crippen MR) is 163 cm³/mol. The first-order valence-corrected chi connectivity index (χ1v) is 13.9. The van der Waals surface area contributed by atoms with Gasteiger partial charge >= 0.3 is 5.97 Å². The van der Waals surface area contributed by atoms with E-state index in [0.29, 0.717) is 17.2 Å². The largest absolute Gasteiger partial charge is 0.465 e. The second kappa shape index (κ2) is 11.9. The third kappa shape index (κ3) is 5.85. The van der Waals surface area contributed by atoms with Gasteiger partial charge in [-0.2, -0.15) is 0 Å². The van der Waals surface area contributed by atoms with Crippen LogP contribution in [-0.2, 0) is 9.53 Å². The number of carbonyl (C=O) groups is 2. The fourth-order valence-electron chi connectivity index (χ4n) is 5.42. The van der Waals surface area contributed by atoms with Gasteiger partial charge in [-0.05, 0) is 93.1 Å². The normalized spacial score (nSPS) is 16.4. The SMILES string of the molecule is COC(=O)c1ccc(-n2c(C)cc([C@@H]3[C@@H](c4ccccn4)NC(=S)N3CCC(=O)Nc3ccc(C)cc3)c2C)cc1. The van der Waals surface area contributed by atoms with E-state index in [-0.39, 0.29) is 30.4 Å². The third-order valence-corrected chi connectivity index (χ3v) is 7.80. The molecular formula is C32H33N5O3S. The number of anilines is 1. The van der Waals surface area contributed by atoms with Crippen LogP contribution in [0.2, 0.25) is 0 Å². The number of nitrogens with one attached hydrogen (secondary N) is 2. The van der Waals surface area contributed by atoms with Crippen LogP contribution in [0.25, 0.3) is 5.69 Å². The summed E-state index contributed by atoms with van der Waals surface area (Å²) in [5.74, 6) is -0.447. The maximum absolute atomic E-state index is 12.9. The van der Waals surface area contributed by atoms with Gasteiger partial charge in [0.2, 0.25) is 5.91 Å². The monoisotopic (exact) mass is 567 g/mol. The fourth-order valence-corrected chi connectivity index (χ4v) is 5.75. The molecule has 0 unspecified atom stereocenters. The van der Waals surface area contributed by atoms with E-state index in [4.69, 9.17) is 17.0 Å². The quantitative estimate of drug-likeness (QED) is 0.212.